The van der Waals surface area contributed by atoms with E-state index in [-0.39, 0.29) is 25.4 Å². The Labute approximate surface area is 136 Å². The molecule has 1 atom stereocenters. The van der Waals surface area contributed by atoms with E-state index in [2.05, 4.69) is 5.32 Å². The Morgan fingerprint density at radius 1 is 1.39 bits per heavy atom. The van der Waals surface area contributed by atoms with Gasteiger partial charge in [-0.25, -0.2) is 0 Å². The molecule has 0 spiro atoms. The molecular weight excluding hydrogens is 296 g/mol. The number of carboxylic acids is 1. The first-order valence-electron chi connectivity index (χ1n) is 7.36. The maximum absolute atomic E-state index is 12.1. The van der Waals surface area contributed by atoms with Crippen molar-refractivity contribution in [3.63, 3.8) is 0 Å². The summed E-state index contributed by atoms with van der Waals surface area (Å²) in [5, 5.41) is 20.6. The Morgan fingerprint density at radius 2 is 2.09 bits per heavy atom. The summed E-state index contributed by atoms with van der Waals surface area (Å²) in [6.45, 7) is 5.65. The standard InChI is InChI=1S/C17H22N2O4/c1-17(2,3)19-16(22)13(11-18)9-12-5-4-6-14(10-12)23-8-7-15(20)21/h4-6,10,13H,7-9H2,1-3H3,(H,19,22)(H,20,21). The number of hydrogen-bond acceptors (Lipinski definition) is 4. The van der Waals surface area contributed by atoms with Crippen molar-refractivity contribution >= 4 is 11.9 Å². The average molecular weight is 318 g/mol. The Kier molecular flexibility index (Phi) is 6.58. The Hall–Kier alpha value is -2.55. The summed E-state index contributed by atoms with van der Waals surface area (Å²) < 4.78 is 5.35. The molecule has 6 heteroatoms. The van der Waals surface area contributed by atoms with Crippen LogP contribution in [-0.4, -0.2) is 29.1 Å². The van der Waals surface area contributed by atoms with Crippen molar-refractivity contribution in [3.05, 3.63) is 29.8 Å². The quantitative estimate of drug-likeness (QED) is 0.802. The van der Waals surface area contributed by atoms with Gasteiger partial charge in [0.1, 0.15) is 11.7 Å². The first-order chi connectivity index (χ1) is 10.7. The summed E-state index contributed by atoms with van der Waals surface area (Å²) in [6, 6.07) is 9.00. The maximum Gasteiger partial charge on any atom is 0.306 e. The number of aliphatic carboxylic acids is 1. The van der Waals surface area contributed by atoms with Crippen molar-refractivity contribution in [1.29, 1.82) is 5.26 Å². The second-order valence-electron chi connectivity index (χ2n) is 6.26. The molecule has 0 fully saturated rings. The molecule has 1 aromatic carbocycles. The fourth-order valence-electron chi connectivity index (χ4n) is 1.91. The molecule has 0 aliphatic carbocycles. The lowest BCUT2D eigenvalue weighted by molar-refractivity contribution is -0.137. The smallest absolute Gasteiger partial charge is 0.306 e. The van der Waals surface area contributed by atoms with Gasteiger partial charge in [-0.05, 0) is 44.9 Å². The number of ether oxygens (including phenoxy) is 1. The van der Waals surface area contributed by atoms with Crippen LogP contribution in [0, 0.1) is 17.2 Å². The van der Waals surface area contributed by atoms with Gasteiger partial charge in [0.05, 0.1) is 19.1 Å². The summed E-state index contributed by atoms with van der Waals surface area (Å²) in [4.78, 5) is 22.6. The molecule has 1 rings (SSSR count). The zero-order chi connectivity index (χ0) is 17.5. The highest BCUT2D eigenvalue weighted by atomic mass is 16.5. The van der Waals surface area contributed by atoms with Crippen molar-refractivity contribution in [2.24, 2.45) is 5.92 Å². The van der Waals surface area contributed by atoms with Crippen molar-refractivity contribution in [2.75, 3.05) is 6.61 Å². The van der Waals surface area contributed by atoms with E-state index in [1.165, 1.54) is 0 Å². The fraction of sp³-hybridized carbons (Fsp3) is 0.471. The summed E-state index contributed by atoms with van der Waals surface area (Å²) in [5.74, 6) is -1.50. The van der Waals surface area contributed by atoms with E-state index in [1.54, 1.807) is 24.3 Å². The van der Waals surface area contributed by atoms with Gasteiger partial charge in [0.25, 0.3) is 0 Å². The molecule has 0 saturated heterocycles. The largest absolute Gasteiger partial charge is 0.493 e. The number of rotatable bonds is 7. The normalized spacial score (nSPS) is 12.1. The van der Waals surface area contributed by atoms with Crippen LogP contribution in [0.4, 0.5) is 0 Å². The van der Waals surface area contributed by atoms with Crippen molar-refractivity contribution < 1.29 is 19.4 Å². The van der Waals surface area contributed by atoms with Crippen molar-refractivity contribution in [1.82, 2.24) is 5.32 Å². The van der Waals surface area contributed by atoms with E-state index in [4.69, 9.17) is 9.84 Å². The average Bonchev–Trinajstić information content (AvgIpc) is 2.43. The lowest BCUT2D eigenvalue weighted by Crippen LogP contribution is -2.44. The first kappa shape index (κ1) is 18.5. The van der Waals surface area contributed by atoms with Crippen LogP contribution in [0.5, 0.6) is 5.75 Å². The molecule has 6 nitrogen and oxygen atoms in total. The van der Waals surface area contributed by atoms with Gasteiger partial charge < -0.3 is 15.2 Å². The number of benzene rings is 1. The van der Waals surface area contributed by atoms with Gasteiger partial charge in [-0.3, -0.25) is 9.59 Å². The fourth-order valence-corrected chi connectivity index (χ4v) is 1.91. The number of carbonyl (C=O) groups is 2. The third-order valence-corrected chi connectivity index (χ3v) is 2.89. The van der Waals surface area contributed by atoms with Gasteiger partial charge >= 0.3 is 5.97 Å². The van der Waals surface area contributed by atoms with E-state index >= 15 is 0 Å². The highest BCUT2D eigenvalue weighted by molar-refractivity contribution is 5.82. The van der Waals surface area contributed by atoms with E-state index < -0.39 is 17.4 Å². The van der Waals surface area contributed by atoms with Gasteiger partial charge in [0.15, 0.2) is 0 Å². The summed E-state index contributed by atoms with van der Waals surface area (Å²) >= 11 is 0. The second-order valence-corrected chi connectivity index (χ2v) is 6.26. The molecule has 0 aliphatic rings. The van der Waals surface area contributed by atoms with Crippen molar-refractivity contribution in [2.45, 2.75) is 39.2 Å². The van der Waals surface area contributed by atoms with Crippen LogP contribution in [0.15, 0.2) is 24.3 Å². The molecule has 0 saturated carbocycles. The highest BCUT2D eigenvalue weighted by Crippen LogP contribution is 2.17. The minimum Gasteiger partial charge on any atom is -0.493 e. The van der Waals surface area contributed by atoms with Crippen LogP contribution in [0.2, 0.25) is 0 Å². The molecular formula is C17H22N2O4. The summed E-state index contributed by atoms with van der Waals surface area (Å²) in [7, 11) is 0. The molecule has 0 heterocycles. The summed E-state index contributed by atoms with van der Waals surface area (Å²) in [6.07, 6.45) is 0.188. The minimum absolute atomic E-state index is 0.0744. The first-order valence-corrected chi connectivity index (χ1v) is 7.36. The molecule has 0 radical (unpaired) electrons. The predicted molar refractivity (Wildman–Crippen MR) is 84.9 cm³/mol. The van der Waals surface area contributed by atoms with Gasteiger partial charge in [0, 0.05) is 5.54 Å². The van der Waals surface area contributed by atoms with E-state index in [9.17, 15) is 14.9 Å². The number of carboxylic acid groups (broad SMARTS) is 1. The Bertz CT molecular complexity index is 599. The number of nitriles is 1. The number of hydrogen-bond donors (Lipinski definition) is 2. The van der Waals surface area contributed by atoms with E-state index in [1.807, 2.05) is 26.8 Å². The third-order valence-electron chi connectivity index (χ3n) is 2.89. The topological polar surface area (TPSA) is 99.4 Å². The molecule has 23 heavy (non-hydrogen) atoms. The van der Waals surface area contributed by atoms with Gasteiger partial charge in [-0.1, -0.05) is 12.1 Å². The van der Waals surface area contributed by atoms with Crippen LogP contribution in [0.3, 0.4) is 0 Å². The zero-order valence-electron chi connectivity index (χ0n) is 13.6. The molecule has 2 N–H and O–H groups in total. The second kappa shape index (κ2) is 8.18. The maximum atomic E-state index is 12.1. The monoisotopic (exact) mass is 318 g/mol. The predicted octanol–water partition coefficient (Wildman–Crippen LogP) is 2.14. The van der Waals surface area contributed by atoms with Gasteiger partial charge in [-0.2, -0.15) is 5.26 Å². The number of nitrogens with one attached hydrogen (secondary N) is 1. The zero-order valence-corrected chi connectivity index (χ0v) is 13.6. The van der Waals surface area contributed by atoms with Gasteiger partial charge in [-0.15, -0.1) is 0 Å². The Balaban J connectivity index is 2.69. The molecule has 0 aromatic heterocycles. The lowest BCUT2D eigenvalue weighted by atomic mass is 9.98. The summed E-state index contributed by atoms with van der Waals surface area (Å²) in [5.41, 5.74) is 0.391. The van der Waals surface area contributed by atoms with Crippen LogP contribution >= 0.6 is 0 Å². The molecule has 124 valence electrons. The molecule has 1 unspecified atom stereocenters. The SMILES string of the molecule is CC(C)(C)NC(=O)C(C#N)Cc1cccc(OCCC(=O)O)c1. The molecule has 0 bridgehead atoms. The molecule has 1 aromatic rings. The lowest BCUT2D eigenvalue weighted by Gasteiger charge is -2.22. The Morgan fingerprint density at radius 3 is 2.65 bits per heavy atom. The highest BCUT2D eigenvalue weighted by Gasteiger charge is 2.23. The van der Waals surface area contributed by atoms with E-state index in [0.717, 1.165) is 5.56 Å². The van der Waals surface area contributed by atoms with Gasteiger partial charge in [0.2, 0.25) is 5.91 Å². The third kappa shape index (κ3) is 7.32. The molecule has 1 amide bonds. The van der Waals surface area contributed by atoms with Crippen LogP contribution < -0.4 is 10.1 Å². The van der Waals surface area contributed by atoms with Crippen LogP contribution in [-0.2, 0) is 16.0 Å². The van der Waals surface area contributed by atoms with Crippen molar-refractivity contribution in [3.8, 4) is 11.8 Å². The van der Waals surface area contributed by atoms with E-state index in [0.29, 0.717) is 5.75 Å². The van der Waals surface area contributed by atoms with Crippen LogP contribution in [0.1, 0.15) is 32.8 Å². The number of nitrogens with zero attached hydrogens (tertiary/aromatic N) is 1. The van der Waals surface area contributed by atoms with Crippen LogP contribution in [0.25, 0.3) is 0 Å². The number of carbonyl (C=O) groups excluding carboxylic acids is 1. The number of amides is 1. The molecule has 0 aliphatic heterocycles. The minimum atomic E-state index is -0.926.